The first kappa shape index (κ1) is 25.3. The molecule has 40 heavy (non-hydrogen) atoms. The monoisotopic (exact) mass is 552 g/mol. The maximum atomic E-state index is 15.5. The van der Waals surface area contributed by atoms with Gasteiger partial charge in [0.25, 0.3) is 0 Å². The number of amides is 2. The Bertz CT molecular complexity index is 1770. The first-order chi connectivity index (χ1) is 19.4. The number of benzene rings is 2. The minimum atomic E-state index is -1.29. The highest BCUT2D eigenvalue weighted by Crippen LogP contribution is 2.49. The van der Waals surface area contributed by atoms with Crippen molar-refractivity contribution in [3.63, 3.8) is 0 Å². The molecule has 0 unspecified atom stereocenters. The zero-order valence-corrected chi connectivity index (χ0v) is 21.7. The smallest absolute Gasteiger partial charge is 0.247 e. The van der Waals surface area contributed by atoms with Gasteiger partial charge in [0.2, 0.25) is 11.8 Å². The topological polar surface area (TPSA) is 115 Å². The number of rotatable bonds is 8. The molecule has 10 heteroatoms. The van der Waals surface area contributed by atoms with Gasteiger partial charge in [-0.15, -0.1) is 11.3 Å². The van der Waals surface area contributed by atoms with Gasteiger partial charge in [-0.05, 0) is 55.3 Å². The number of carbonyl (C=O) groups is 3. The third kappa shape index (κ3) is 4.48. The van der Waals surface area contributed by atoms with Crippen molar-refractivity contribution in [3.8, 4) is 22.1 Å². The second-order valence-corrected chi connectivity index (χ2v) is 10.4. The van der Waals surface area contributed by atoms with Crippen molar-refractivity contribution in [2.75, 3.05) is 4.90 Å². The van der Waals surface area contributed by atoms with E-state index in [1.54, 1.807) is 60.8 Å². The first-order valence-corrected chi connectivity index (χ1v) is 13.2. The number of aldehydes is 1. The standard InChI is InChI=1S/C30H21FN4O4S/c31-21-14-20(35(19-4-2-1-3-5-19)29(38)30(11-12-30)28(32)37)7-9-24(21)39-25-10-13-33-23-15-26(40-27(23)25)22-8-6-18(17-36)16-34-22/h1-10,13-17H,11-12H2,(H2,32,37). The molecule has 0 spiro atoms. The predicted molar refractivity (Wildman–Crippen MR) is 149 cm³/mol. The zero-order valence-electron chi connectivity index (χ0n) is 20.9. The number of thiophene rings is 1. The van der Waals surface area contributed by atoms with Crippen LogP contribution in [0.15, 0.2) is 85.2 Å². The number of halogens is 1. The van der Waals surface area contributed by atoms with E-state index >= 15 is 4.39 Å². The largest absolute Gasteiger partial charge is 0.453 e. The molecule has 0 bridgehead atoms. The summed E-state index contributed by atoms with van der Waals surface area (Å²) in [4.78, 5) is 47.4. The molecule has 3 heterocycles. The lowest BCUT2D eigenvalue weighted by Crippen LogP contribution is -2.41. The summed E-state index contributed by atoms with van der Waals surface area (Å²) >= 11 is 1.38. The summed E-state index contributed by atoms with van der Waals surface area (Å²) in [5, 5.41) is 0. The summed E-state index contributed by atoms with van der Waals surface area (Å²) in [5.74, 6) is -1.51. The van der Waals surface area contributed by atoms with Crippen LogP contribution in [0, 0.1) is 11.2 Å². The molecule has 5 aromatic rings. The van der Waals surface area contributed by atoms with Gasteiger partial charge in [0.1, 0.15) is 11.2 Å². The molecule has 3 aromatic heterocycles. The van der Waals surface area contributed by atoms with Crippen LogP contribution in [-0.4, -0.2) is 28.1 Å². The van der Waals surface area contributed by atoms with Crippen molar-refractivity contribution in [1.82, 2.24) is 9.97 Å². The highest BCUT2D eigenvalue weighted by atomic mass is 32.1. The van der Waals surface area contributed by atoms with Gasteiger partial charge in [-0.3, -0.25) is 29.3 Å². The highest BCUT2D eigenvalue weighted by molar-refractivity contribution is 7.22. The minimum Gasteiger partial charge on any atom is -0.453 e. The van der Waals surface area contributed by atoms with Gasteiger partial charge in [-0.1, -0.05) is 18.2 Å². The van der Waals surface area contributed by atoms with Crippen LogP contribution >= 0.6 is 11.3 Å². The average Bonchev–Trinajstić information content (AvgIpc) is 3.68. The molecule has 198 valence electrons. The van der Waals surface area contributed by atoms with E-state index in [1.807, 2.05) is 6.07 Å². The van der Waals surface area contributed by atoms with Crippen molar-refractivity contribution in [2.45, 2.75) is 12.8 Å². The fraction of sp³-hybridized carbons (Fsp3) is 0.100. The van der Waals surface area contributed by atoms with Gasteiger partial charge >= 0.3 is 0 Å². The summed E-state index contributed by atoms with van der Waals surface area (Å²) in [5.41, 5.74) is 6.81. The molecule has 0 saturated heterocycles. The maximum Gasteiger partial charge on any atom is 0.247 e. The number of pyridine rings is 2. The highest BCUT2D eigenvalue weighted by Gasteiger charge is 2.57. The summed E-state index contributed by atoms with van der Waals surface area (Å²) in [6.07, 6.45) is 4.49. The molecule has 2 aromatic carbocycles. The number of hydrogen-bond donors (Lipinski definition) is 1. The number of aromatic nitrogens is 2. The van der Waals surface area contributed by atoms with E-state index in [2.05, 4.69) is 9.97 Å². The lowest BCUT2D eigenvalue weighted by atomic mass is 10.0. The molecule has 0 aliphatic heterocycles. The molecule has 6 rings (SSSR count). The zero-order chi connectivity index (χ0) is 27.9. The number of para-hydroxylation sites is 1. The van der Waals surface area contributed by atoms with Crippen molar-refractivity contribution < 1.29 is 23.5 Å². The van der Waals surface area contributed by atoms with Gasteiger partial charge in [0, 0.05) is 35.8 Å². The Kier molecular flexibility index (Phi) is 6.31. The average molecular weight is 553 g/mol. The van der Waals surface area contributed by atoms with Crippen LogP contribution in [-0.2, 0) is 9.59 Å². The van der Waals surface area contributed by atoms with Crippen LogP contribution in [0.3, 0.4) is 0 Å². The third-order valence-electron chi connectivity index (χ3n) is 6.79. The molecule has 1 fully saturated rings. The number of nitrogens with two attached hydrogens (primary N) is 1. The number of primary amides is 1. The molecule has 0 atom stereocenters. The van der Waals surface area contributed by atoms with Crippen LogP contribution in [0.25, 0.3) is 20.8 Å². The predicted octanol–water partition coefficient (Wildman–Crippen LogP) is 6.03. The maximum absolute atomic E-state index is 15.5. The number of nitrogens with zero attached hydrogens (tertiary/aromatic N) is 3. The molecule has 1 saturated carbocycles. The minimum absolute atomic E-state index is 0.0452. The van der Waals surface area contributed by atoms with Gasteiger partial charge in [-0.25, -0.2) is 4.39 Å². The number of carbonyl (C=O) groups excluding carboxylic acids is 3. The lowest BCUT2D eigenvalue weighted by molar-refractivity contribution is -0.133. The summed E-state index contributed by atoms with van der Waals surface area (Å²) < 4.78 is 22.2. The van der Waals surface area contributed by atoms with Gasteiger partial charge in [0.05, 0.1) is 26.5 Å². The van der Waals surface area contributed by atoms with Crippen molar-refractivity contribution in [1.29, 1.82) is 0 Å². The quantitative estimate of drug-likeness (QED) is 0.186. The molecule has 8 nitrogen and oxygen atoms in total. The van der Waals surface area contributed by atoms with E-state index in [0.717, 1.165) is 11.2 Å². The molecular formula is C30H21FN4O4S. The van der Waals surface area contributed by atoms with Crippen LogP contribution in [0.2, 0.25) is 0 Å². The summed E-state index contributed by atoms with van der Waals surface area (Å²) in [6, 6.07) is 19.9. The summed E-state index contributed by atoms with van der Waals surface area (Å²) in [7, 11) is 0. The van der Waals surface area contributed by atoms with Crippen molar-refractivity contribution in [2.24, 2.45) is 11.1 Å². The van der Waals surface area contributed by atoms with Crippen LogP contribution in [0.4, 0.5) is 15.8 Å². The van der Waals surface area contributed by atoms with Gasteiger partial charge in [0.15, 0.2) is 17.9 Å². The van der Waals surface area contributed by atoms with Crippen molar-refractivity contribution >= 4 is 51.0 Å². The van der Waals surface area contributed by atoms with E-state index in [1.165, 1.54) is 34.6 Å². The SMILES string of the molecule is NC(=O)C1(C(=O)N(c2ccccc2)c2ccc(Oc3ccnc4cc(-c5ccc(C=O)cn5)sc34)c(F)c2)CC1. The number of fused-ring (bicyclic) bond motifs is 1. The van der Waals surface area contributed by atoms with Crippen molar-refractivity contribution in [3.05, 3.63) is 96.6 Å². The Balaban J connectivity index is 1.33. The molecule has 2 amide bonds. The van der Waals surface area contributed by atoms with E-state index in [4.69, 9.17) is 10.5 Å². The fourth-order valence-corrected chi connectivity index (χ4v) is 5.48. The number of hydrogen-bond acceptors (Lipinski definition) is 7. The lowest BCUT2D eigenvalue weighted by Gasteiger charge is -2.26. The Hall–Kier alpha value is -4.96. The summed E-state index contributed by atoms with van der Waals surface area (Å²) in [6.45, 7) is 0. The van der Waals surface area contributed by atoms with E-state index in [0.29, 0.717) is 45.8 Å². The van der Waals surface area contributed by atoms with Gasteiger partial charge < -0.3 is 10.5 Å². The third-order valence-corrected chi connectivity index (χ3v) is 7.95. The normalized spacial score (nSPS) is 13.5. The second kappa shape index (κ2) is 9.97. The number of anilines is 2. The molecule has 1 aliphatic rings. The van der Waals surface area contributed by atoms with Crippen LogP contribution < -0.4 is 15.4 Å². The Morgan fingerprint density at radius 2 is 1.77 bits per heavy atom. The molecule has 0 radical (unpaired) electrons. The van der Waals surface area contributed by atoms with E-state index < -0.39 is 23.0 Å². The second-order valence-electron chi connectivity index (χ2n) is 9.37. The van der Waals surface area contributed by atoms with Crippen LogP contribution in [0.1, 0.15) is 23.2 Å². The van der Waals surface area contributed by atoms with Crippen LogP contribution in [0.5, 0.6) is 11.5 Å². The Morgan fingerprint density at radius 1 is 0.975 bits per heavy atom. The fourth-order valence-electron chi connectivity index (χ4n) is 4.44. The van der Waals surface area contributed by atoms with E-state index in [-0.39, 0.29) is 11.4 Å². The molecule has 1 aliphatic carbocycles. The van der Waals surface area contributed by atoms with Gasteiger partial charge in [-0.2, -0.15) is 0 Å². The first-order valence-electron chi connectivity index (χ1n) is 12.4. The Morgan fingerprint density at radius 3 is 2.42 bits per heavy atom. The molecular weight excluding hydrogens is 531 g/mol. The molecule has 2 N–H and O–H groups in total. The Labute approximate surface area is 231 Å². The number of ether oxygens (including phenoxy) is 1. The van der Waals surface area contributed by atoms with E-state index in [9.17, 15) is 14.4 Å².